The molecule has 0 atom stereocenters. The fourth-order valence-corrected chi connectivity index (χ4v) is 3.25. The highest BCUT2D eigenvalue weighted by Crippen LogP contribution is 2.35. The summed E-state index contributed by atoms with van der Waals surface area (Å²) in [6.07, 6.45) is 1.97. The normalized spacial score (nSPS) is 14.9. The van der Waals surface area contributed by atoms with Crippen molar-refractivity contribution in [1.29, 1.82) is 0 Å². The molecule has 172 valence electrons. The van der Waals surface area contributed by atoms with Gasteiger partial charge in [0, 0.05) is 31.7 Å². The smallest absolute Gasteiger partial charge is 0.387 e. The Labute approximate surface area is 178 Å². The van der Waals surface area contributed by atoms with Crippen LogP contribution in [0.3, 0.4) is 0 Å². The molecule has 2 rings (SSSR count). The molecule has 10 nitrogen and oxygen atoms in total. The molecule has 1 aliphatic rings. The molecule has 1 aromatic rings. The zero-order valence-corrected chi connectivity index (χ0v) is 17.4. The number of benzene rings is 1. The molecule has 0 aromatic heterocycles. The molecule has 12 heteroatoms. The van der Waals surface area contributed by atoms with Crippen molar-refractivity contribution >= 4 is 17.5 Å². The van der Waals surface area contributed by atoms with E-state index in [1.54, 1.807) is 0 Å². The number of hydrogen-bond donors (Lipinski definition) is 2. The lowest BCUT2D eigenvalue weighted by atomic mass is 10.0. The van der Waals surface area contributed by atoms with Crippen molar-refractivity contribution in [2.24, 2.45) is 0 Å². The third-order valence-corrected chi connectivity index (χ3v) is 4.80. The number of piperidine rings is 1. The summed E-state index contributed by atoms with van der Waals surface area (Å²) >= 11 is 0. The number of carbonyl (C=O) groups is 2. The van der Waals surface area contributed by atoms with Crippen molar-refractivity contribution in [2.75, 3.05) is 33.3 Å². The Morgan fingerprint density at radius 3 is 2.52 bits per heavy atom. The Kier molecular flexibility index (Phi) is 8.91. The van der Waals surface area contributed by atoms with Gasteiger partial charge < -0.3 is 20.1 Å². The van der Waals surface area contributed by atoms with Gasteiger partial charge in [0.25, 0.3) is 11.6 Å². The summed E-state index contributed by atoms with van der Waals surface area (Å²) in [5, 5.41) is 16.9. The summed E-state index contributed by atoms with van der Waals surface area (Å²) in [6.45, 7) is 0.813. The minimum Gasteiger partial charge on any atom is -0.493 e. The zero-order valence-electron chi connectivity index (χ0n) is 17.4. The monoisotopic (exact) mass is 444 g/mol. The molecule has 1 aliphatic heterocycles. The molecule has 31 heavy (non-hydrogen) atoms. The summed E-state index contributed by atoms with van der Waals surface area (Å²) in [5.41, 5.74) is -0.983. The number of rotatable bonds is 10. The van der Waals surface area contributed by atoms with E-state index in [-0.39, 0.29) is 29.8 Å². The van der Waals surface area contributed by atoms with Crippen LogP contribution in [0.1, 0.15) is 36.5 Å². The van der Waals surface area contributed by atoms with Crippen LogP contribution in [0.15, 0.2) is 12.1 Å². The number of ether oxygens (including phenoxy) is 2. The molecule has 0 aliphatic carbocycles. The fourth-order valence-electron chi connectivity index (χ4n) is 3.25. The SMILES string of the molecule is CCCNC(=O)CN1CCC(NC(=O)c2cc(OC)c(OC(F)F)cc2[N+](=O)[O-])CC1. The molecular formula is C19H26F2N4O6. The van der Waals surface area contributed by atoms with Crippen LogP contribution in [-0.4, -0.2) is 67.6 Å². The Morgan fingerprint density at radius 2 is 1.97 bits per heavy atom. The van der Waals surface area contributed by atoms with Crippen LogP contribution < -0.4 is 20.1 Å². The van der Waals surface area contributed by atoms with E-state index in [2.05, 4.69) is 15.4 Å². The third kappa shape index (κ3) is 7.02. The average Bonchev–Trinajstić information content (AvgIpc) is 2.72. The second-order valence-electron chi connectivity index (χ2n) is 7.03. The van der Waals surface area contributed by atoms with Gasteiger partial charge in [0.1, 0.15) is 5.56 Å². The lowest BCUT2D eigenvalue weighted by molar-refractivity contribution is -0.385. The van der Waals surface area contributed by atoms with Crippen LogP contribution in [0.4, 0.5) is 14.5 Å². The maximum absolute atomic E-state index is 12.7. The molecule has 0 saturated carbocycles. The van der Waals surface area contributed by atoms with Gasteiger partial charge in [0.05, 0.1) is 24.6 Å². The van der Waals surface area contributed by atoms with Gasteiger partial charge >= 0.3 is 6.61 Å². The van der Waals surface area contributed by atoms with Crippen molar-refractivity contribution in [3.8, 4) is 11.5 Å². The van der Waals surface area contributed by atoms with Crippen LogP contribution in [-0.2, 0) is 4.79 Å². The van der Waals surface area contributed by atoms with Gasteiger partial charge in [0.2, 0.25) is 5.91 Å². The lowest BCUT2D eigenvalue weighted by Crippen LogP contribution is -2.47. The lowest BCUT2D eigenvalue weighted by Gasteiger charge is -2.31. The molecule has 0 unspecified atom stereocenters. The molecule has 2 amide bonds. The zero-order chi connectivity index (χ0) is 23.0. The highest BCUT2D eigenvalue weighted by atomic mass is 19.3. The number of halogens is 2. The molecule has 0 spiro atoms. The first kappa shape index (κ1) is 24.3. The predicted molar refractivity (Wildman–Crippen MR) is 107 cm³/mol. The number of likely N-dealkylation sites (tertiary alicyclic amines) is 1. The molecular weight excluding hydrogens is 418 g/mol. The van der Waals surface area contributed by atoms with Crippen molar-refractivity contribution in [3.05, 3.63) is 27.8 Å². The van der Waals surface area contributed by atoms with E-state index >= 15 is 0 Å². The van der Waals surface area contributed by atoms with Gasteiger partial charge in [-0.1, -0.05) is 6.92 Å². The second-order valence-corrected chi connectivity index (χ2v) is 7.03. The van der Waals surface area contributed by atoms with E-state index in [4.69, 9.17) is 4.74 Å². The summed E-state index contributed by atoms with van der Waals surface area (Å²) in [5.74, 6) is -1.52. The van der Waals surface area contributed by atoms with E-state index in [0.29, 0.717) is 32.5 Å². The molecule has 2 N–H and O–H groups in total. The van der Waals surface area contributed by atoms with Crippen LogP contribution in [0, 0.1) is 10.1 Å². The van der Waals surface area contributed by atoms with Gasteiger partial charge in [-0.05, 0) is 19.3 Å². The number of methoxy groups -OCH3 is 1. The largest absolute Gasteiger partial charge is 0.493 e. The maximum atomic E-state index is 12.7. The highest BCUT2D eigenvalue weighted by Gasteiger charge is 2.28. The van der Waals surface area contributed by atoms with Gasteiger partial charge in [0.15, 0.2) is 11.5 Å². The summed E-state index contributed by atoms with van der Waals surface area (Å²) in [4.78, 5) is 37.0. The minimum absolute atomic E-state index is 0.0573. The molecule has 1 saturated heterocycles. The van der Waals surface area contributed by atoms with Gasteiger partial charge in [-0.3, -0.25) is 24.6 Å². The third-order valence-electron chi connectivity index (χ3n) is 4.80. The first-order chi connectivity index (χ1) is 14.7. The summed E-state index contributed by atoms with van der Waals surface area (Å²) in [6, 6.07) is 1.51. The van der Waals surface area contributed by atoms with Crippen LogP contribution in [0.5, 0.6) is 11.5 Å². The van der Waals surface area contributed by atoms with Crippen LogP contribution in [0.2, 0.25) is 0 Å². The molecule has 1 aromatic carbocycles. The summed E-state index contributed by atoms with van der Waals surface area (Å²) < 4.78 is 34.3. The first-order valence-electron chi connectivity index (χ1n) is 9.86. The van der Waals surface area contributed by atoms with Gasteiger partial charge in [-0.15, -0.1) is 0 Å². The van der Waals surface area contributed by atoms with Crippen LogP contribution in [0.25, 0.3) is 0 Å². The average molecular weight is 444 g/mol. The number of nitrogens with one attached hydrogen (secondary N) is 2. The Bertz CT molecular complexity index is 800. The van der Waals surface area contributed by atoms with Gasteiger partial charge in [-0.25, -0.2) is 0 Å². The number of nitro groups is 1. The van der Waals surface area contributed by atoms with E-state index in [1.165, 1.54) is 7.11 Å². The number of amides is 2. The van der Waals surface area contributed by atoms with Crippen molar-refractivity contribution in [2.45, 2.75) is 38.8 Å². The number of carbonyl (C=O) groups excluding carboxylic acids is 2. The second kappa shape index (κ2) is 11.4. The Balaban J connectivity index is 2.03. The summed E-state index contributed by atoms with van der Waals surface area (Å²) in [7, 11) is 1.17. The van der Waals surface area contributed by atoms with E-state index in [1.807, 2.05) is 11.8 Å². The number of hydrogen-bond acceptors (Lipinski definition) is 7. The molecule has 0 bridgehead atoms. The van der Waals surface area contributed by atoms with E-state index < -0.39 is 28.9 Å². The highest BCUT2D eigenvalue weighted by molar-refractivity contribution is 5.99. The Hall–Kier alpha value is -3.02. The molecule has 1 heterocycles. The Morgan fingerprint density at radius 1 is 1.29 bits per heavy atom. The fraction of sp³-hybridized carbons (Fsp3) is 0.579. The maximum Gasteiger partial charge on any atom is 0.387 e. The standard InChI is InChI=1S/C19H26F2N4O6/c1-3-6-22-17(26)11-24-7-4-12(5-8-24)23-18(27)13-9-15(30-2)16(31-19(20)21)10-14(13)25(28)29/h9-10,12,19H,3-8,11H2,1-2H3,(H,22,26)(H,23,27). The number of nitro benzene ring substituents is 1. The molecule has 1 fully saturated rings. The van der Waals surface area contributed by atoms with E-state index in [9.17, 15) is 28.5 Å². The van der Waals surface area contributed by atoms with Crippen molar-refractivity contribution in [3.63, 3.8) is 0 Å². The quantitative estimate of drug-likeness (QED) is 0.417. The number of alkyl halides is 2. The topological polar surface area (TPSA) is 123 Å². The predicted octanol–water partition coefficient (Wildman–Crippen LogP) is 1.93. The van der Waals surface area contributed by atoms with Crippen LogP contribution >= 0.6 is 0 Å². The molecule has 0 radical (unpaired) electrons. The van der Waals surface area contributed by atoms with Crippen molar-refractivity contribution in [1.82, 2.24) is 15.5 Å². The van der Waals surface area contributed by atoms with Crippen molar-refractivity contribution < 1.29 is 32.8 Å². The first-order valence-corrected chi connectivity index (χ1v) is 9.86. The van der Waals surface area contributed by atoms with E-state index in [0.717, 1.165) is 18.6 Å². The van der Waals surface area contributed by atoms with Gasteiger partial charge in [-0.2, -0.15) is 8.78 Å². The minimum atomic E-state index is -3.21. The number of nitrogens with zero attached hydrogens (tertiary/aromatic N) is 2.